The van der Waals surface area contributed by atoms with Crippen LogP contribution in [0.2, 0.25) is 0 Å². The number of methoxy groups -OCH3 is 1. The summed E-state index contributed by atoms with van der Waals surface area (Å²) in [7, 11) is 1.38. The number of amides is 1. The summed E-state index contributed by atoms with van der Waals surface area (Å²) >= 11 is 3.09. The Balaban J connectivity index is 1.93. The van der Waals surface area contributed by atoms with Gasteiger partial charge in [0.25, 0.3) is 5.91 Å². The zero-order valence-corrected chi connectivity index (χ0v) is 16.2. The summed E-state index contributed by atoms with van der Waals surface area (Å²) in [4.78, 5) is 27.2. The van der Waals surface area contributed by atoms with Crippen LogP contribution in [0.3, 0.4) is 0 Å². The van der Waals surface area contributed by atoms with Crippen LogP contribution in [0.25, 0.3) is 0 Å². The van der Waals surface area contributed by atoms with Gasteiger partial charge in [-0.05, 0) is 55.2 Å². The SMILES string of the molecule is COC(=O)c1c(NC(=O)c2cccc(SC)c2)sc2c1CCC(C)C2. The van der Waals surface area contributed by atoms with Gasteiger partial charge in [-0.25, -0.2) is 4.79 Å². The first-order chi connectivity index (χ1) is 12.0. The average Bonchev–Trinajstić information content (AvgIpc) is 2.97. The van der Waals surface area contributed by atoms with Crippen LogP contribution in [0.4, 0.5) is 5.00 Å². The van der Waals surface area contributed by atoms with Gasteiger partial charge in [-0.1, -0.05) is 13.0 Å². The molecule has 0 fully saturated rings. The van der Waals surface area contributed by atoms with Crippen LogP contribution < -0.4 is 5.32 Å². The molecule has 1 aromatic heterocycles. The highest BCUT2D eigenvalue weighted by Gasteiger charge is 2.29. The van der Waals surface area contributed by atoms with E-state index in [1.807, 2.05) is 24.5 Å². The van der Waals surface area contributed by atoms with E-state index in [1.54, 1.807) is 17.8 Å². The van der Waals surface area contributed by atoms with Crippen molar-refractivity contribution in [2.45, 2.75) is 31.1 Å². The minimum atomic E-state index is -0.375. The number of carbonyl (C=O) groups excluding carboxylic acids is 2. The van der Waals surface area contributed by atoms with E-state index in [2.05, 4.69) is 12.2 Å². The summed E-state index contributed by atoms with van der Waals surface area (Å²) in [6.45, 7) is 2.21. The topological polar surface area (TPSA) is 55.4 Å². The maximum atomic E-state index is 12.7. The van der Waals surface area contributed by atoms with Crippen molar-refractivity contribution >= 4 is 40.0 Å². The predicted molar refractivity (Wildman–Crippen MR) is 103 cm³/mol. The number of hydrogen-bond donors (Lipinski definition) is 1. The summed E-state index contributed by atoms with van der Waals surface area (Å²) in [5.41, 5.74) is 2.16. The fraction of sp³-hybridized carbons (Fsp3) is 0.368. The number of rotatable bonds is 4. The van der Waals surface area contributed by atoms with Gasteiger partial charge < -0.3 is 10.1 Å². The Hall–Kier alpha value is -1.79. The molecule has 1 aliphatic carbocycles. The lowest BCUT2D eigenvalue weighted by molar-refractivity contribution is 0.0601. The lowest BCUT2D eigenvalue weighted by Gasteiger charge is -2.18. The number of ether oxygens (including phenoxy) is 1. The summed E-state index contributed by atoms with van der Waals surface area (Å²) < 4.78 is 4.97. The molecule has 0 saturated heterocycles. The van der Waals surface area contributed by atoms with E-state index in [9.17, 15) is 9.59 Å². The molecule has 2 aromatic rings. The third-order valence-corrected chi connectivity index (χ3v) is 6.36. The highest BCUT2D eigenvalue weighted by atomic mass is 32.2. The number of carbonyl (C=O) groups is 2. The maximum Gasteiger partial charge on any atom is 0.341 e. The van der Waals surface area contributed by atoms with E-state index < -0.39 is 0 Å². The Bertz CT molecular complexity index is 813. The third kappa shape index (κ3) is 3.75. The highest BCUT2D eigenvalue weighted by molar-refractivity contribution is 7.98. The molecule has 1 aromatic carbocycles. The monoisotopic (exact) mass is 375 g/mol. The molecule has 1 N–H and O–H groups in total. The van der Waals surface area contributed by atoms with Gasteiger partial charge in [0.05, 0.1) is 12.7 Å². The fourth-order valence-electron chi connectivity index (χ4n) is 3.10. The molecule has 1 unspecified atom stereocenters. The van der Waals surface area contributed by atoms with Crippen molar-refractivity contribution in [3.8, 4) is 0 Å². The molecular weight excluding hydrogens is 354 g/mol. The van der Waals surface area contributed by atoms with Crippen LogP contribution >= 0.6 is 23.1 Å². The van der Waals surface area contributed by atoms with Crippen LogP contribution in [0.1, 0.15) is 44.5 Å². The minimum Gasteiger partial charge on any atom is -0.465 e. The van der Waals surface area contributed by atoms with Crippen molar-refractivity contribution in [2.24, 2.45) is 5.92 Å². The van der Waals surface area contributed by atoms with E-state index in [1.165, 1.54) is 23.3 Å². The Morgan fingerprint density at radius 1 is 1.36 bits per heavy atom. The molecule has 1 aliphatic rings. The van der Waals surface area contributed by atoms with Gasteiger partial charge >= 0.3 is 5.97 Å². The van der Waals surface area contributed by atoms with Gasteiger partial charge in [-0.15, -0.1) is 23.1 Å². The van der Waals surface area contributed by atoms with E-state index in [0.717, 1.165) is 29.7 Å². The molecule has 0 radical (unpaired) electrons. The zero-order chi connectivity index (χ0) is 18.0. The summed E-state index contributed by atoms with van der Waals surface area (Å²) in [6, 6.07) is 7.46. The van der Waals surface area contributed by atoms with Crippen molar-refractivity contribution in [3.05, 3.63) is 45.8 Å². The van der Waals surface area contributed by atoms with Crippen molar-refractivity contribution in [2.75, 3.05) is 18.7 Å². The van der Waals surface area contributed by atoms with Crippen molar-refractivity contribution < 1.29 is 14.3 Å². The molecular formula is C19H21NO3S2. The largest absolute Gasteiger partial charge is 0.465 e. The first-order valence-electron chi connectivity index (χ1n) is 8.21. The Kier molecular flexibility index (Phi) is 5.49. The molecule has 1 amide bonds. The molecule has 0 bridgehead atoms. The molecule has 6 heteroatoms. The van der Waals surface area contributed by atoms with Gasteiger partial charge in [0.1, 0.15) is 5.00 Å². The van der Waals surface area contributed by atoms with Crippen LogP contribution in [0.15, 0.2) is 29.2 Å². The average molecular weight is 376 g/mol. The second-order valence-corrected chi connectivity index (χ2v) is 8.22. The van der Waals surface area contributed by atoms with Gasteiger partial charge in [-0.3, -0.25) is 4.79 Å². The first-order valence-corrected chi connectivity index (χ1v) is 10.3. The fourth-order valence-corrected chi connectivity index (χ4v) is 4.95. The molecule has 0 saturated carbocycles. The van der Waals surface area contributed by atoms with Crippen LogP contribution in [-0.4, -0.2) is 25.2 Å². The van der Waals surface area contributed by atoms with E-state index in [0.29, 0.717) is 22.0 Å². The number of benzene rings is 1. The van der Waals surface area contributed by atoms with E-state index >= 15 is 0 Å². The van der Waals surface area contributed by atoms with Gasteiger partial charge in [0, 0.05) is 15.3 Å². The van der Waals surface area contributed by atoms with Gasteiger partial charge in [0.2, 0.25) is 0 Å². The highest BCUT2D eigenvalue weighted by Crippen LogP contribution is 2.40. The summed E-state index contributed by atoms with van der Waals surface area (Å²) in [6.07, 6.45) is 4.83. The van der Waals surface area contributed by atoms with Crippen molar-refractivity contribution in [1.82, 2.24) is 0 Å². The van der Waals surface area contributed by atoms with E-state index in [-0.39, 0.29) is 11.9 Å². The number of hydrogen-bond acceptors (Lipinski definition) is 5. The second kappa shape index (κ2) is 7.62. The molecule has 25 heavy (non-hydrogen) atoms. The third-order valence-electron chi connectivity index (χ3n) is 4.46. The smallest absolute Gasteiger partial charge is 0.341 e. The Labute approximate surface area is 156 Å². The van der Waals surface area contributed by atoms with Gasteiger partial charge in [-0.2, -0.15) is 0 Å². The number of nitrogens with one attached hydrogen (secondary N) is 1. The van der Waals surface area contributed by atoms with Crippen molar-refractivity contribution in [1.29, 1.82) is 0 Å². The predicted octanol–water partition coefficient (Wildman–Crippen LogP) is 4.63. The number of anilines is 1. The standard InChI is InChI=1S/C19H21NO3S2/c1-11-7-8-14-15(9-11)25-18(16(14)19(22)23-2)20-17(21)12-5-4-6-13(10-12)24-3/h4-6,10-11H,7-9H2,1-3H3,(H,20,21). The molecule has 1 heterocycles. The van der Waals surface area contributed by atoms with Gasteiger partial charge in [0.15, 0.2) is 0 Å². The number of thiophene rings is 1. The maximum absolute atomic E-state index is 12.7. The quantitative estimate of drug-likeness (QED) is 0.625. The second-order valence-electron chi connectivity index (χ2n) is 6.23. The summed E-state index contributed by atoms with van der Waals surface area (Å²) in [5, 5.41) is 3.54. The lowest BCUT2D eigenvalue weighted by atomic mass is 9.88. The molecule has 4 nitrogen and oxygen atoms in total. The van der Waals surface area contributed by atoms with Crippen LogP contribution in [0.5, 0.6) is 0 Å². The number of thioether (sulfide) groups is 1. The number of fused-ring (bicyclic) bond motifs is 1. The van der Waals surface area contributed by atoms with E-state index in [4.69, 9.17) is 4.74 Å². The molecule has 132 valence electrons. The molecule has 0 spiro atoms. The molecule has 0 aliphatic heterocycles. The molecule has 1 atom stereocenters. The van der Waals surface area contributed by atoms with Crippen LogP contribution in [-0.2, 0) is 17.6 Å². The lowest BCUT2D eigenvalue weighted by Crippen LogP contribution is -2.16. The number of esters is 1. The Morgan fingerprint density at radius 2 is 2.16 bits per heavy atom. The first kappa shape index (κ1) is 18.0. The van der Waals surface area contributed by atoms with Crippen LogP contribution in [0, 0.1) is 5.92 Å². The summed E-state index contributed by atoms with van der Waals surface area (Å²) in [5.74, 6) is 0.0198. The normalized spacial score (nSPS) is 16.2. The Morgan fingerprint density at radius 3 is 2.88 bits per heavy atom. The molecule has 3 rings (SSSR count). The zero-order valence-electron chi connectivity index (χ0n) is 14.5. The van der Waals surface area contributed by atoms with Crippen molar-refractivity contribution in [3.63, 3.8) is 0 Å². The minimum absolute atomic E-state index is 0.201.